The van der Waals surface area contributed by atoms with E-state index in [0.29, 0.717) is 12.0 Å². The van der Waals surface area contributed by atoms with Crippen LogP contribution in [0.15, 0.2) is 24.3 Å². The third-order valence-electron chi connectivity index (χ3n) is 3.35. The Labute approximate surface area is 110 Å². The van der Waals surface area contributed by atoms with Crippen LogP contribution in [0, 0.1) is 5.92 Å². The predicted molar refractivity (Wildman–Crippen MR) is 75.3 cm³/mol. The third-order valence-corrected chi connectivity index (χ3v) is 3.58. The van der Waals surface area contributed by atoms with Crippen molar-refractivity contribution in [2.24, 2.45) is 11.7 Å². The van der Waals surface area contributed by atoms with Gasteiger partial charge in [-0.25, -0.2) is 0 Å². The molecule has 0 amide bonds. The van der Waals surface area contributed by atoms with Crippen molar-refractivity contribution in [1.82, 2.24) is 4.90 Å². The largest absolute Gasteiger partial charge is 0.326 e. The van der Waals surface area contributed by atoms with Crippen LogP contribution < -0.4 is 5.73 Å². The number of hydrogen-bond donors (Lipinski definition) is 1. The van der Waals surface area contributed by atoms with Gasteiger partial charge in [0.1, 0.15) is 0 Å². The number of hydrogen-bond acceptors (Lipinski definition) is 2. The van der Waals surface area contributed by atoms with Gasteiger partial charge in [-0.2, -0.15) is 0 Å². The quantitative estimate of drug-likeness (QED) is 0.874. The van der Waals surface area contributed by atoms with Gasteiger partial charge in [-0.3, -0.25) is 4.90 Å². The summed E-state index contributed by atoms with van der Waals surface area (Å²) >= 11 is 6.01. The number of nitrogens with two attached hydrogens (primary N) is 1. The molecule has 2 atom stereocenters. The number of benzene rings is 1. The second-order valence-corrected chi connectivity index (χ2v) is 5.51. The molecule has 0 saturated heterocycles. The highest BCUT2D eigenvalue weighted by Gasteiger charge is 2.16. The van der Waals surface area contributed by atoms with E-state index >= 15 is 0 Å². The molecule has 1 aromatic rings. The van der Waals surface area contributed by atoms with Crippen LogP contribution >= 0.6 is 11.6 Å². The van der Waals surface area contributed by atoms with Gasteiger partial charge < -0.3 is 5.73 Å². The molecule has 96 valence electrons. The first-order valence-electron chi connectivity index (χ1n) is 6.13. The van der Waals surface area contributed by atoms with Crippen LogP contribution in [0.4, 0.5) is 0 Å². The van der Waals surface area contributed by atoms with E-state index in [1.165, 1.54) is 5.56 Å². The van der Waals surface area contributed by atoms with Gasteiger partial charge >= 0.3 is 0 Å². The molecule has 0 aliphatic rings. The van der Waals surface area contributed by atoms with Crippen molar-refractivity contribution in [2.45, 2.75) is 32.9 Å². The van der Waals surface area contributed by atoms with Gasteiger partial charge in [-0.1, -0.05) is 37.6 Å². The van der Waals surface area contributed by atoms with Gasteiger partial charge in [-0.15, -0.1) is 0 Å². The monoisotopic (exact) mass is 254 g/mol. The molecule has 2 nitrogen and oxygen atoms in total. The van der Waals surface area contributed by atoms with Gasteiger partial charge in [0.2, 0.25) is 0 Å². The lowest BCUT2D eigenvalue weighted by atomic mass is 10.0. The SMILES string of the molecule is CC(C)[C@H](N)CN(C)C(C)c1cccc(Cl)c1. The Morgan fingerprint density at radius 1 is 1.29 bits per heavy atom. The van der Waals surface area contributed by atoms with Gasteiger partial charge in [0.15, 0.2) is 0 Å². The van der Waals surface area contributed by atoms with Crippen LogP contribution in [-0.4, -0.2) is 24.5 Å². The summed E-state index contributed by atoms with van der Waals surface area (Å²) in [5.41, 5.74) is 7.33. The van der Waals surface area contributed by atoms with Crippen LogP contribution in [0.2, 0.25) is 5.02 Å². The summed E-state index contributed by atoms with van der Waals surface area (Å²) in [5.74, 6) is 0.504. The minimum atomic E-state index is 0.210. The lowest BCUT2D eigenvalue weighted by molar-refractivity contribution is 0.227. The highest BCUT2D eigenvalue weighted by Crippen LogP contribution is 2.22. The maximum atomic E-state index is 6.10. The lowest BCUT2D eigenvalue weighted by Gasteiger charge is -2.29. The summed E-state index contributed by atoms with van der Waals surface area (Å²) in [6.45, 7) is 7.38. The Morgan fingerprint density at radius 2 is 1.94 bits per heavy atom. The van der Waals surface area contributed by atoms with Gasteiger partial charge in [0.25, 0.3) is 0 Å². The average molecular weight is 255 g/mol. The summed E-state index contributed by atoms with van der Waals surface area (Å²) in [7, 11) is 2.10. The maximum Gasteiger partial charge on any atom is 0.0409 e. The standard InChI is InChI=1S/C14H23ClN2/c1-10(2)14(16)9-17(4)11(3)12-6-5-7-13(15)8-12/h5-8,10-11,14H,9,16H2,1-4H3/t11?,14-/m1/s1. The number of halogens is 1. The van der Waals surface area contributed by atoms with Crippen LogP contribution in [0.5, 0.6) is 0 Å². The normalized spacial score (nSPS) is 15.3. The van der Waals surface area contributed by atoms with Crippen molar-refractivity contribution in [1.29, 1.82) is 0 Å². The Bertz CT molecular complexity index is 352. The molecule has 3 heteroatoms. The molecule has 1 aromatic carbocycles. The molecule has 0 heterocycles. The molecule has 0 aliphatic heterocycles. The van der Waals surface area contributed by atoms with Gasteiger partial charge in [-0.05, 0) is 37.6 Å². The minimum Gasteiger partial charge on any atom is -0.326 e. The van der Waals surface area contributed by atoms with Crippen molar-refractivity contribution >= 4 is 11.6 Å². The second-order valence-electron chi connectivity index (χ2n) is 5.08. The molecule has 1 rings (SSSR count). The average Bonchev–Trinajstić information content (AvgIpc) is 2.27. The van der Waals surface area contributed by atoms with E-state index in [9.17, 15) is 0 Å². The summed E-state index contributed by atoms with van der Waals surface area (Å²) in [6, 6.07) is 8.56. The first-order chi connectivity index (χ1) is 7.91. The van der Waals surface area contributed by atoms with Crippen molar-refractivity contribution in [3.63, 3.8) is 0 Å². The molecule has 2 N–H and O–H groups in total. The number of nitrogens with zero attached hydrogens (tertiary/aromatic N) is 1. The van der Waals surface area contributed by atoms with E-state index in [2.05, 4.69) is 38.8 Å². The summed E-state index contributed by atoms with van der Waals surface area (Å²) in [5, 5.41) is 0.788. The molecule has 0 spiro atoms. The Hall–Kier alpha value is -0.570. The fourth-order valence-electron chi connectivity index (χ4n) is 1.72. The van der Waals surface area contributed by atoms with E-state index in [1.54, 1.807) is 0 Å². The van der Waals surface area contributed by atoms with E-state index in [0.717, 1.165) is 11.6 Å². The molecule has 17 heavy (non-hydrogen) atoms. The number of rotatable bonds is 5. The Kier molecular flexibility index (Phi) is 5.44. The molecule has 1 unspecified atom stereocenters. The Balaban J connectivity index is 2.66. The predicted octanol–water partition coefficient (Wildman–Crippen LogP) is 3.32. The highest BCUT2D eigenvalue weighted by atomic mass is 35.5. The van der Waals surface area contributed by atoms with Crippen LogP contribution in [-0.2, 0) is 0 Å². The van der Waals surface area contributed by atoms with E-state index in [4.69, 9.17) is 17.3 Å². The topological polar surface area (TPSA) is 29.3 Å². The fourth-order valence-corrected chi connectivity index (χ4v) is 1.92. The molecule has 0 aliphatic carbocycles. The minimum absolute atomic E-state index is 0.210. The zero-order chi connectivity index (χ0) is 13.0. The number of likely N-dealkylation sites (N-methyl/N-ethyl adjacent to an activating group) is 1. The van der Waals surface area contributed by atoms with Crippen molar-refractivity contribution in [2.75, 3.05) is 13.6 Å². The highest BCUT2D eigenvalue weighted by molar-refractivity contribution is 6.30. The molecule has 0 saturated carbocycles. The van der Waals surface area contributed by atoms with Crippen molar-refractivity contribution < 1.29 is 0 Å². The molecule has 0 bridgehead atoms. The van der Waals surface area contributed by atoms with Crippen molar-refractivity contribution in [3.8, 4) is 0 Å². The van der Waals surface area contributed by atoms with E-state index in [1.807, 2.05) is 18.2 Å². The molecular formula is C14H23ClN2. The van der Waals surface area contributed by atoms with Crippen LogP contribution in [0.3, 0.4) is 0 Å². The zero-order valence-corrected chi connectivity index (χ0v) is 11.9. The third kappa shape index (κ3) is 4.30. The van der Waals surface area contributed by atoms with Crippen LogP contribution in [0.25, 0.3) is 0 Å². The molecule has 0 aromatic heterocycles. The Morgan fingerprint density at radius 3 is 2.47 bits per heavy atom. The molecule has 0 fully saturated rings. The fraction of sp³-hybridized carbons (Fsp3) is 0.571. The van der Waals surface area contributed by atoms with Crippen molar-refractivity contribution in [3.05, 3.63) is 34.9 Å². The van der Waals surface area contributed by atoms with E-state index in [-0.39, 0.29) is 6.04 Å². The molecule has 0 radical (unpaired) electrons. The first kappa shape index (κ1) is 14.5. The van der Waals surface area contributed by atoms with Gasteiger partial charge in [0.05, 0.1) is 0 Å². The lowest BCUT2D eigenvalue weighted by Crippen LogP contribution is -2.39. The zero-order valence-electron chi connectivity index (χ0n) is 11.2. The van der Waals surface area contributed by atoms with Crippen LogP contribution in [0.1, 0.15) is 32.4 Å². The maximum absolute atomic E-state index is 6.10. The summed E-state index contributed by atoms with van der Waals surface area (Å²) in [6.07, 6.45) is 0. The smallest absolute Gasteiger partial charge is 0.0409 e. The first-order valence-corrected chi connectivity index (χ1v) is 6.51. The van der Waals surface area contributed by atoms with Gasteiger partial charge in [0, 0.05) is 23.7 Å². The summed E-state index contributed by atoms with van der Waals surface area (Å²) < 4.78 is 0. The summed E-state index contributed by atoms with van der Waals surface area (Å²) in [4.78, 5) is 2.27. The van der Waals surface area contributed by atoms with E-state index < -0.39 is 0 Å². The molecular weight excluding hydrogens is 232 g/mol. The second kappa shape index (κ2) is 6.39.